The molecular weight excluding hydrogens is 288 g/mol. The predicted octanol–water partition coefficient (Wildman–Crippen LogP) is 2.69. The third-order valence-corrected chi connectivity index (χ3v) is 3.30. The van der Waals surface area contributed by atoms with Crippen molar-refractivity contribution in [1.29, 1.82) is 0 Å². The Labute approximate surface area is 127 Å². The normalized spacial score (nSPS) is 12.0. The summed E-state index contributed by atoms with van der Waals surface area (Å²) in [4.78, 5) is 24.1. The van der Waals surface area contributed by atoms with Crippen LogP contribution in [0.25, 0.3) is 0 Å². The van der Waals surface area contributed by atoms with E-state index in [1.54, 1.807) is 33.8 Å². The molecule has 118 valence electrons. The number of carbonyl (C=O) groups excluding carboxylic acids is 2. The fraction of sp³-hybridized carbons (Fsp3) is 0.400. The van der Waals surface area contributed by atoms with Crippen LogP contribution in [0.5, 0.6) is 0 Å². The van der Waals surface area contributed by atoms with E-state index >= 15 is 0 Å². The number of nitrogens with zero attached hydrogens (tertiary/aromatic N) is 1. The van der Waals surface area contributed by atoms with Crippen molar-refractivity contribution >= 4 is 17.7 Å². The number of amides is 1. The van der Waals surface area contributed by atoms with Gasteiger partial charge in [-0.05, 0) is 34.6 Å². The molecule has 2 aromatic heterocycles. The molecule has 1 N–H and O–H groups in total. The molecule has 1 amide bonds. The summed E-state index contributed by atoms with van der Waals surface area (Å²) in [5.41, 5.74) is 1.07. The van der Waals surface area contributed by atoms with E-state index in [0.29, 0.717) is 28.4 Å². The van der Waals surface area contributed by atoms with Crippen LogP contribution in [0.3, 0.4) is 0 Å². The first-order valence-corrected chi connectivity index (χ1v) is 6.81. The van der Waals surface area contributed by atoms with E-state index in [-0.39, 0.29) is 5.82 Å². The summed E-state index contributed by atoms with van der Waals surface area (Å²) in [6, 6.07) is 1.57. The molecule has 0 radical (unpaired) electrons. The average molecular weight is 306 g/mol. The number of aryl methyl sites for hydroxylation is 3. The number of nitrogens with one attached hydrogen (secondary N) is 1. The van der Waals surface area contributed by atoms with Gasteiger partial charge >= 0.3 is 5.97 Å². The highest BCUT2D eigenvalue weighted by molar-refractivity contribution is 5.97. The molecule has 0 saturated carbocycles. The quantitative estimate of drug-likeness (QED) is 0.873. The molecule has 0 fully saturated rings. The van der Waals surface area contributed by atoms with Crippen LogP contribution in [-0.2, 0) is 9.53 Å². The second kappa shape index (κ2) is 6.05. The maximum absolute atomic E-state index is 12.2. The van der Waals surface area contributed by atoms with Gasteiger partial charge in [0.05, 0.1) is 0 Å². The number of hydrogen-bond acceptors (Lipinski definition) is 6. The maximum Gasteiger partial charge on any atom is 0.342 e. The second-order valence-corrected chi connectivity index (χ2v) is 5.07. The highest BCUT2D eigenvalue weighted by atomic mass is 16.5. The molecular formula is C15H18N2O5. The second-order valence-electron chi connectivity index (χ2n) is 5.07. The van der Waals surface area contributed by atoms with Crippen molar-refractivity contribution in [2.45, 2.75) is 40.7 Å². The van der Waals surface area contributed by atoms with Crippen molar-refractivity contribution in [2.75, 3.05) is 5.32 Å². The lowest BCUT2D eigenvalue weighted by atomic mass is 10.1. The van der Waals surface area contributed by atoms with Crippen LogP contribution in [0.1, 0.15) is 40.1 Å². The van der Waals surface area contributed by atoms with E-state index in [2.05, 4.69) is 10.5 Å². The van der Waals surface area contributed by atoms with Crippen molar-refractivity contribution in [2.24, 2.45) is 0 Å². The van der Waals surface area contributed by atoms with Gasteiger partial charge in [-0.25, -0.2) is 4.79 Å². The first-order chi connectivity index (χ1) is 10.3. The van der Waals surface area contributed by atoms with Crippen molar-refractivity contribution in [3.8, 4) is 0 Å². The number of aromatic nitrogens is 1. The number of hydrogen-bond donors (Lipinski definition) is 1. The minimum atomic E-state index is -0.974. The molecule has 0 aliphatic carbocycles. The minimum absolute atomic E-state index is 0.275. The molecule has 1 atom stereocenters. The molecule has 0 spiro atoms. The van der Waals surface area contributed by atoms with Gasteiger partial charge in [-0.1, -0.05) is 5.16 Å². The summed E-state index contributed by atoms with van der Waals surface area (Å²) in [5.74, 6) is 0.888. The van der Waals surface area contributed by atoms with Crippen LogP contribution in [0, 0.1) is 27.7 Å². The van der Waals surface area contributed by atoms with Gasteiger partial charge in [-0.3, -0.25) is 4.79 Å². The number of anilines is 1. The molecule has 7 nitrogen and oxygen atoms in total. The number of esters is 1. The van der Waals surface area contributed by atoms with Gasteiger partial charge in [0.15, 0.2) is 11.9 Å². The zero-order valence-electron chi connectivity index (χ0n) is 13.1. The van der Waals surface area contributed by atoms with Crippen LogP contribution in [-0.4, -0.2) is 23.1 Å². The number of ether oxygens (including phenoxy) is 1. The Morgan fingerprint density at radius 1 is 1.23 bits per heavy atom. The molecule has 1 unspecified atom stereocenters. The maximum atomic E-state index is 12.2. The first kappa shape index (κ1) is 15.8. The number of carbonyl (C=O) groups is 2. The van der Waals surface area contributed by atoms with Crippen molar-refractivity contribution in [3.05, 3.63) is 34.5 Å². The molecule has 0 saturated heterocycles. The summed E-state index contributed by atoms with van der Waals surface area (Å²) in [6.07, 6.45) is -0.974. The van der Waals surface area contributed by atoms with Gasteiger partial charge < -0.3 is 19.0 Å². The zero-order valence-corrected chi connectivity index (χ0v) is 13.1. The Kier molecular flexibility index (Phi) is 4.35. The fourth-order valence-corrected chi connectivity index (χ4v) is 2.02. The third kappa shape index (κ3) is 3.19. The van der Waals surface area contributed by atoms with E-state index in [4.69, 9.17) is 13.7 Å². The van der Waals surface area contributed by atoms with Gasteiger partial charge in [-0.15, -0.1) is 0 Å². The third-order valence-electron chi connectivity index (χ3n) is 3.30. The topological polar surface area (TPSA) is 94.6 Å². The molecule has 2 heterocycles. The average Bonchev–Trinajstić information content (AvgIpc) is 2.93. The van der Waals surface area contributed by atoms with Gasteiger partial charge in [0.2, 0.25) is 0 Å². The van der Waals surface area contributed by atoms with Crippen molar-refractivity contribution in [3.63, 3.8) is 0 Å². The standard InChI is InChI=1S/C15H18N2O5/c1-7-6-12(17-22-7)16-14(18)11(5)21-15(19)13-8(2)9(3)20-10(13)4/h6,11H,1-5H3,(H,16,17,18). The van der Waals surface area contributed by atoms with E-state index in [0.717, 1.165) is 0 Å². The van der Waals surface area contributed by atoms with E-state index in [1.807, 2.05) is 0 Å². The summed E-state index contributed by atoms with van der Waals surface area (Å²) in [5, 5.41) is 6.15. The molecule has 0 aliphatic heterocycles. The summed E-state index contributed by atoms with van der Waals surface area (Å²) in [6.45, 7) is 8.41. The van der Waals surface area contributed by atoms with Gasteiger partial charge in [0.25, 0.3) is 5.91 Å². The lowest BCUT2D eigenvalue weighted by molar-refractivity contribution is -0.123. The molecule has 0 bridgehead atoms. The minimum Gasteiger partial charge on any atom is -0.465 e. The monoisotopic (exact) mass is 306 g/mol. The van der Waals surface area contributed by atoms with Crippen molar-refractivity contribution in [1.82, 2.24) is 5.16 Å². The summed E-state index contributed by atoms with van der Waals surface area (Å²) >= 11 is 0. The van der Waals surface area contributed by atoms with E-state index in [1.165, 1.54) is 6.92 Å². The van der Waals surface area contributed by atoms with Crippen LogP contribution in [0.2, 0.25) is 0 Å². The Balaban J connectivity index is 2.03. The van der Waals surface area contributed by atoms with Crippen molar-refractivity contribution < 1.29 is 23.3 Å². The fourth-order valence-electron chi connectivity index (χ4n) is 2.02. The Hall–Kier alpha value is -2.57. The summed E-state index contributed by atoms with van der Waals surface area (Å²) < 4.78 is 15.4. The van der Waals surface area contributed by atoms with Gasteiger partial charge in [-0.2, -0.15) is 0 Å². The van der Waals surface area contributed by atoms with E-state index in [9.17, 15) is 9.59 Å². The smallest absolute Gasteiger partial charge is 0.342 e. The van der Waals surface area contributed by atoms with Crippen LogP contribution in [0.4, 0.5) is 5.82 Å². The Morgan fingerprint density at radius 3 is 2.41 bits per heavy atom. The first-order valence-electron chi connectivity index (χ1n) is 6.81. The van der Waals surface area contributed by atoms with Crippen LogP contribution in [0.15, 0.2) is 15.0 Å². The molecule has 0 aromatic carbocycles. The SMILES string of the molecule is Cc1cc(NC(=O)C(C)OC(=O)c2c(C)oc(C)c2C)no1. The molecule has 22 heavy (non-hydrogen) atoms. The molecule has 7 heteroatoms. The summed E-state index contributed by atoms with van der Waals surface area (Å²) in [7, 11) is 0. The molecule has 0 aliphatic rings. The number of furan rings is 1. The highest BCUT2D eigenvalue weighted by Gasteiger charge is 2.25. The lowest BCUT2D eigenvalue weighted by Crippen LogP contribution is -2.30. The Bertz CT molecular complexity index is 714. The number of rotatable bonds is 4. The molecule has 2 rings (SSSR count). The van der Waals surface area contributed by atoms with Crippen LogP contribution < -0.4 is 5.32 Å². The lowest BCUT2D eigenvalue weighted by Gasteiger charge is -2.12. The highest BCUT2D eigenvalue weighted by Crippen LogP contribution is 2.22. The molecule has 2 aromatic rings. The predicted molar refractivity (Wildman–Crippen MR) is 77.7 cm³/mol. The van der Waals surface area contributed by atoms with Gasteiger partial charge in [0, 0.05) is 11.6 Å². The van der Waals surface area contributed by atoms with Gasteiger partial charge in [0.1, 0.15) is 22.8 Å². The zero-order chi connectivity index (χ0) is 16.4. The van der Waals surface area contributed by atoms with E-state index < -0.39 is 18.0 Å². The Morgan fingerprint density at radius 2 is 1.91 bits per heavy atom. The largest absolute Gasteiger partial charge is 0.465 e. The van der Waals surface area contributed by atoms with Crippen LogP contribution >= 0.6 is 0 Å².